The maximum atomic E-state index is 12.9. The number of nitrogens with one attached hydrogen (secondary N) is 1. The number of anilines is 1. The average molecular weight is 467 g/mol. The molecule has 2 N–H and O–H groups in total. The van der Waals surface area contributed by atoms with Crippen LogP contribution in [0.2, 0.25) is 0 Å². The molecule has 0 saturated carbocycles. The molecule has 0 saturated heterocycles. The second-order valence-electron chi connectivity index (χ2n) is 6.50. The summed E-state index contributed by atoms with van der Waals surface area (Å²) in [4.78, 5) is 39.8. The van der Waals surface area contributed by atoms with Crippen molar-refractivity contribution in [2.45, 2.75) is 6.92 Å². The van der Waals surface area contributed by atoms with E-state index in [2.05, 4.69) is 26.0 Å². The standard InChI is InChI=1S/C21H15BrN4O4/c1-12-16(20(29)26(24-12)15-9-7-13(22)8-10-15)11-17-18(27)23-21(30)25(19(17)28)14-5-3-2-4-6-14/h2-11,28H,1H3,(H,23,27,30)/b16-11-. The molecule has 8 nitrogen and oxygen atoms in total. The minimum absolute atomic E-state index is 0.136. The smallest absolute Gasteiger partial charge is 0.335 e. The Hall–Kier alpha value is -3.72. The minimum atomic E-state index is -0.806. The molecule has 0 spiro atoms. The lowest BCUT2D eigenvalue weighted by Gasteiger charge is -2.12. The Morgan fingerprint density at radius 2 is 1.67 bits per heavy atom. The lowest BCUT2D eigenvalue weighted by Crippen LogP contribution is -2.30. The van der Waals surface area contributed by atoms with Gasteiger partial charge in [0.25, 0.3) is 11.5 Å². The fourth-order valence-corrected chi connectivity index (χ4v) is 3.34. The van der Waals surface area contributed by atoms with E-state index in [4.69, 9.17) is 0 Å². The van der Waals surface area contributed by atoms with Crippen LogP contribution in [0.5, 0.6) is 5.88 Å². The third-order valence-corrected chi connectivity index (χ3v) is 5.09. The van der Waals surface area contributed by atoms with Gasteiger partial charge in [-0.3, -0.25) is 14.6 Å². The van der Waals surface area contributed by atoms with E-state index in [1.165, 1.54) is 11.1 Å². The molecular formula is C21H15BrN4O4. The Kier molecular flexibility index (Phi) is 4.96. The van der Waals surface area contributed by atoms with E-state index in [9.17, 15) is 19.5 Å². The monoisotopic (exact) mass is 466 g/mol. The predicted molar refractivity (Wildman–Crippen MR) is 117 cm³/mol. The molecule has 150 valence electrons. The van der Waals surface area contributed by atoms with Crippen molar-refractivity contribution in [1.82, 2.24) is 9.55 Å². The van der Waals surface area contributed by atoms with Crippen molar-refractivity contribution in [2.24, 2.45) is 5.10 Å². The SMILES string of the molecule is CC1=NN(c2ccc(Br)cc2)C(=O)/C1=C\c1c(O)n(-c2ccccc2)c(=O)[nH]c1=O. The number of halogens is 1. The van der Waals surface area contributed by atoms with E-state index in [1.807, 2.05) is 0 Å². The number of rotatable bonds is 3. The zero-order valence-corrected chi connectivity index (χ0v) is 17.3. The molecule has 0 aliphatic carbocycles. The van der Waals surface area contributed by atoms with E-state index in [-0.39, 0.29) is 11.1 Å². The minimum Gasteiger partial charge on any atom is -0.494 e. The van der Waals surface area contributed by atoms with Gasteiger partial charge >= 0.3 is 5.69 Å². The maximum Gasteiger partial charge on any atom is 0.335 e. The van der Waals surface area contributed by atoms with Gasteiger partial charge in [-0.25, -0.2) is 9.36 Å². The molecule has 0 bridgehead atoms. The summed E-state index contributed by atoms with van der Waals surface area (Å²) < 4.78 is 1.82. The van der Waals surface area contributed by atoms with Crippen LogP contribution in [-0.2, 0) is 4.79 Å². The number of benzene rings is 2. The first kappa shape index (κ1) is 19.6. The van der Waals surface area contributed by atoms with Crippen LogP contribution in [0.25, 0.3) is 11.8 Å². The van der Waals surface area contributed by atoms with Crippen LogP contribution in [-0.4, -0.2) is 26.3 Å². The Bertz CT molecular complexity index is 1320. The number of carbonyl (C=O) groups is 1. The average Bonchev–Trinajstić information content (AvgIpc) is 3.00. The Balaban J connectivity index is 1.81. The van der Waals surface area contributed by atoms with Gasteiger partial charge in [0.05, 0.1) is 22.7 Å². The summed E-state index contributed by atoms with van der Waals surface area (Å²) in [6, 6.07) is 15.4. The van der Waals surface area contributed by atoms with Gasteiger partial charge in [0.15, 0.2) is 0 Å². The summed E-state index contributed by atoms with van der Waals surface area (Å²) in [6.45, 7) is 1.63. The Morgan fingerprint density at radius 3 is 2.33 bits per heavy atom. The van der Waals surface area contributed by atoms with Crippen molar-refractivity contribution in [1.29, 1.82) is 0 Å². The lowest BCUT2D eigenvalue weighted by atomic mass is 10.1. The van der Waals surface area contributed by atoms with Crippen LogP contribution in [0, 0.1) is 0 Å². The lowest BCUT2D eigenvalue weighted by molar-refractivity contribution is -0.114. The number of aromatic nitrogens is 2. The van der Waals surface area contributed by atoms with Gasteiger partial charge in [-0.2, -0.15) is 10.1 Å². The molecule has 1 amide bonds. The van der Waals surface area contributed by atoms with Crippen molar-refractivity contribution < 1.29 is 9.90 Å². The molecule has 3 aromatic rings. The Morgan fingerprint density at radius 1 is 1.00 bits per heavy atom. The van der Waals surface area contributed by atoms with E-state index in [0.717, 1.165) is 9.04 Å². The molecule has 0 radical (unpaired) electrons. The van der Waals surface area contributed by atoms with Crippen LogP contribution in [0.15, 0.2) is 79.3 Å². The van der Waals surface area contributed by atoms with Crippen LogP contribution >= 0.6 is 15.9 Å². The van der Waals surface area contributed by atoms with Gasteiger partial charge in [0, 0.05) is 4.47 Å². The number of hydrazone groups is 1. The summed E-state index contributed by atoms with van der Waals surface area (Å²) in [5.41, 5.74) is -0.371. The normalized spacial score (nSPS) is 15.0. The van der Waals surface area contributed by atoms with Gasteiger partial charge < -0.3 is 5.11 Å². The largest absolute Gasteiger partial charge is 0.494 e. The topological polar surface area (TPSA) is 108 Å². The number of hydrogen-bond donors (Lipinski definition) is 2. The highest BCUT2D eigenvalue weighted by atomic mass is 79.9. The van der Waals surface area contributed by atoms with Crippen molar-refractivity contribution in [3.63, 3.8) is 0 Å². The molecular weight excluding hydrogens is 452 g/mol. The molecule has 1 aliphatic rings. The van der Waals surface area contributed by atoms with Gasteiger partial charge in [0.1, 0.15) is 5.56 Å². The first-order valence-electron chi connectivity index (χ1n) is 8.88. The van der Waals surface area contributed by atoms with Gasteiger partial charge in [0.2, 0.25) is 5.88 Å². The quantitative estimate of drug-likeness (QED) is 0.578. The number of H-pyrrole nitrogens is 1. The highest BCUT2D eigenvalue weighted by molar-refractivity contribution is 9.10. The second kappa shape index (κ2) is 7.60. The van der Waals surface area contributed by atoms with Crippen LogP contribution in [0.1, 0.15) is 12.5 Å². The number of carbonyl (C=O) groups excluding carboxylic acids is 1. The molecule has 0 unspecified atom stereocenters. The molecule has 1 aromatic heterocycles. The van der Waals surface area contributed by atoms with Crippen molar-refractivity contribution in [3.8, 4) is 11.6 Å². The molecule has 1 aliphatic heterocycles. The molecule has 2 aromatic carbocycles. The van der Waals surface area contributed by atoms with Crippen LogP contribution < -0.4 is 16.3 Å². The molecule has 0 atom stereocenters. The van der Waals surface area contributed by atoms with Crippen LogP contribution in [0.4, 0.5) is 5.69 Å². The van der Waals surface area contributed by atoms with E-state index >= 15 is 0 Å². The third-order valence-electron chi connectivity index (χ3n) is 4.56. The molecule has 0 fully saturated rings. The molecule has 2 heterocycles. The number of amides is 1. The highest BCUT2D eigenvalue weighted by Gasteiger charge is 2.29. The summed E-state index contributed by atoms with van der Waals surface area (Å²) in [7, 11) is 0. The highest BCUT2D eigenvalue weighted by Crippen LogP contribution is 2.27. The van der Waals surface area contributed by atoms with E-state index in [0.29, 0.717) is 17.1 Å². The molecule has 9 heteroatoms. The number of nitrogens with zero attached hydrogens (tertiary/aromatic N) is 3. The number of aromatic hydroxyl groups is 1. The van der Waals surface area contributed by atoms with Crippen LogP contribution in [0.3, 0.4) is 0 Å². The zero-order chi connectivity index (χ0) is 21.4. The first-order valence-corrected chi connectivity index (χ1v) is 9.67. The summed E-state index contributed by atoms with van der Waals surface area (Å²) in [5.74, 6) is -1.02. The van der Waals surface area contributed by atoms with Crippen molar-refractivity contribution >= 4 is 39.3 Å². The molecule has 4 rings (SSSR count). The van der Waals surface area contributed by atoms with Gasteiger partial charge in [-0.15, -0.1) is 0 Å². The van der Waals surface area contributed by atoms with Gasteiger partial charge in [-0.1, -0.05) is 34.1 Å². The van der Waals surface area contributed by atoms with Gasteiger partial charge in [-0.05, 0) is 49.4 Å². The first-order chi connectivity index (χ1) is 14.4. The zero-order valence-electron chi connectivity index (χ0n) is 15.7. The van der Waals surface area contributed by atoms with Crippen molar-refractivity contribution in [2.75, 3.05) is 5.01 Å². The van der Waals surface area contributed by atoms with Crippen molar-refractivity contribution in [3.05, 3.63) is 91.0 Å². The molecule has 30 heavy (non-hydrogen) atoms. The number of hydrogen-bond acceptors (Lipinski definition) is 5. The summed E-state index contributed by atoms with van der Waals surface area (Å²) in [6.07, 6.45) is 1.24. The predicted octanol–water partition coefficient (Wildman–Crippen LogP) is 2.80. The fraction of sp³-hybridized carbons (Fsp3) is 0.0476. The third kappa shape index (κ3) is 3.39. The number of aromatic amines is 1. The Labute approximate surface area is 178 Å². The van der Waals surface area contributed by atoms with E-state index < -0.39 is 23.0 Å². The fourth-order valence-electron chi connectivity index (χ4n) is 3.07. The summed E-state index contributed by atoms with van der Waals surface area (Å²) in [5, 5.41) is 16.2. The maximum absolute atomic E-state index is 12.9. The van der Waals surface area contributed by atoms with E-state index in [1.54, 1.807) is 61.5 Å². The summed E-state index contributed by atoms with van der Waals surface area (Å²) >= 11 is 3.34. The number of para-hydroxylation sites is 1. The second-order valence-corrected chi connectivity index (χ2v) is 7.42.